The second kappa shape index (κ2) is 5.38. The summed E-state index contributed by atoms with van der Waals surface area (Å²) in [6.45, 7) is 2.04. The lowest BCUT2D eigenvalue weighted by atomic mass is 10.2. The summed E-state index contributed by atoms with van der Waals surface area (Å²) in [7, 11) is 0. The third kappa shape index (κ3) is 2.07. The van der Waals surface area contributed by atoms with E-state index in [9.17, 15) is 5.11 Å². The van der Waals surface area contributed by atoms with Crippen LogP contribution in [-0.4, -0.2) is 34.5 Å². The Labute approximate surface area is 148 Å². The number of benzene rings is 2. The van der Waals surface area contributed by atoms with Crippen LogP contribution in [0.15, 0.2) is 61.1 Å². The summed E-state index contributed by atoms with van der Waals surface area (Å²) >= 11 is 0. The van der Waals surface area contributed by atoms with Crippen molar-refractivity contribution < 1.29 is 5.11 Å². The molecule has 7 heteroatoms. The van der Waals surface area contributed by atoms with Crippen LogP contribution in [0.2, 0.25) is 0 Å². The highest BCUT2D eigenvalue weighted by Gasteiger charge is 2.16. The molecule has 7 nitrogen and oxygen atoms in total. The van der Waals surface area contributed by atoms with Crippen LogP contribution in [0.1, 0.15) is 5.56 Å². The van der Waals surface area contributed by atoms with Crippen LogP contribution >= 0.6 is 0 Å². The normalized spacial score (nSPS) is 11.4. The van der Waals surface area contributed by atoms with Crippen molar-refractivity contribution in [3.8, 4) is 22.8 Å². The summed E-state index contributed by atoms with van der Waals surface area (Å²) in [5.41, 5.74) is 4.05. The number of rotatable bonds is 2. The maximum Gasteiger partial charge on any atom is 0.175 e. The number of phenolic OH excluding ortho intramolecular Hbond substituents is 1. The van der Waals surface area contributed by atoms with Crippen LogP contribution in [0.25, 0.3) is 33.8 Å². The number of hydrogen-bond donors (Lipinski definition) is 1. The van der Waals surface area contributed by atoms with Gasteiger partial charge in [-0.25, -0.2) is 9.67 Å². The molecule has 0 bridgehead atoms. The molecule has 0 aliphatic rings. The van der Waals surface area contributed by atoms with Crippen molar-refractivity contribution in [3.63, 3.8) is 0 Å². The first kappa shape index (κ1) is 14.6. The number of aryl methyl sites for hydroxylation is 1. The third-order valence-electron chi connectivity index (χ3n) is 4.37. The van der Waals surface area contributed by atoms with Gasteiger partial charge in [-0.1, -0.05) is 24.3 Å². The van der Waals surface area contributed by atoms with Gasteiger partial charge in [0.25, 0.3) is 0 Å². The predicted molar refractivity (Wildman–Crippen MR) is 97.2 cm³/mol. The SMILES string of the molecule is Cc1cccc(-n2ncc3c2ncn2c(-c4ccccc4O)nnc32)c1. The van der Waals surface area contributed by atoms with Crippen LogP contribution in [0.3, 0.4) is 0 Å². The lowest BCUT2D eigenvalue weighted by molar-refractivity contribution is 0.477. The smallest absolute Gasteiger partial charge is 0.175 e. The summed E-state index contributed by atoms with van der Waals surface area (Å²) < 4.78 is 3.55. The van der Waals surface area contributed by atoms with Crippen molar-refractivity contribution >= 4 is 16.7 Å². The van der Waals surface area contributed by atoms with E-state index in [1.54, 1.807) is 39.8 Å². The highest BCUT2D eigenvalue weighted by molar-refractivity contribution is 5.90. The molecule has 0 spiro atoms. The van der Waals surface area contributed by atoms with E-state index in [0.29, 0.717) is 22.7 Å². The van der Waals surface area contributed by atoms with Crippen LogP contribution < -0.4 is 0 Å². The molecule has 0 amide bonds. The third-order valence-corrected chi connectivity index (χ3v) is 4.37. The molecule has 0 radical (unpaired) electrons. The molecule has 0 unspecified atom stereocenters. The van der Waals surface area contributed by atoms with Crippen molar-refractivity contribution in [2.45, 2.75) is 6.92 Å². The molecule has 0 fully saturated rings. The number of hydrogen-bond acceptors (Lipinski definition) is 5. The van der Waals surface area contributed by atoms with Gasteiger partial charge < -0.3 is 5.11 Å². The quantitative estimate of drug-likeness (QED) is 0.533. The first-order valence-electron chi connectivity index (χ1n) is 8.15. The molecule has 1 N–H and O–H groups in total. The standard InChI is InChI=1S/C19H14N6O/c1-12-5-4-6-13(9-12)25-17-15(10-21-25)19-23-22-18(24(19)11-20-17)14-7-2-3-8-16(14)26/h2-11,26H,1H3. The number of para-hydroxylation sites is 1. The molecule has 3 aromatic heterocycles. The van der Waals surface area contributed by atoms with Crippen LogP contribution in [0.5, 0.6) is 5.75 Å². The molecule has 5 aromatic rings. The number of aromatic hydroxyl groups is 1. The zero-order chi connectivity index (χ0) is 17.7. The van der Waals surface area contributed by atoms with Crippen molar-refractivity contribution in [2.75, 3.05) is 0 Å². The Morgan fingerprint density at radius 1 is 0.962 bits per heavy atom. The Bertz CT molecular complexity index is 1270. The van der Waals surface area contributed by atoms with Crippen LogP contribution in [0.4, 0.5) is 0 Å². The summed E-state index contributed by atoms with van der Waals surface area (Å²) in [6, 6.07) is 15.1. The Balaban J connectivity index is 1.75. The molecular weight excluding hydrogens is 328 g/mol. The van der Waals surface area contributed by atoms with E-state index in [-0.39, 0.29) is 5.75 Å². The van der Waals surface area contributed by atoms with Gasteiger partial charge in [-0.05, 0) is 36.8 Å². The van der Waals surface area contributed by atoms with Gasteiger partial charge in [-0.15, -0.1) is 10.2 Å². The van der Waals surface area contributed by atoms with Crippen molar-refractivity contribution in [1.29, 1.82) is 0 Å². The lowest BCUT2D eigenvalue weighted by Gasteiger charge is -2.05. The Morgan fingerprint density at radius 2 is 1.85 bits per heavy atom. The van der Waals surface area contributed by atoms with Crippen molar-refractivity contribution in [3.05, 3.63) is 66.6 Å². The van der Waals surface area contributed by atoms with Crippen molar-refractivity contribution in [1.82, 2.24) is 29.4 Å². The molecule has 26 heavy (non-hydrogen) atoms. The fourth-order valence-electron chi connectivity index (χ4n) is 3.12. The van der Waals surface area contributed by atoms with Gasteiger partial charge in [0.2, 0.25) is 0 Å². The van der Waals surface area contributed by atoms with Gasteiger partial charge in [-0.2, -0.15) is 5.10 Å². The molecule has 126 valence electrons. The average molecular weight is 342 g/mol. The average Bonchev–Trinajstić information content (AvgIpc) is 3.26. The summed E-state index contributed by atoms with van der Waals surface area (Å²) in [6.07, 6.45) is 3.40. The molecular formula is C19H14N6O. The summed E-state index contributed by atoms with van der Waals surface area (Å²) in [4.78, 5) is 4.57. The van der Waals surface area contributed by atoms with Gasteiger partial charge in [-0.3, -0.25) is 4.40 Å². The fraction of sp³-hybridized carbons (Fsp3) is 0.0526. The van der Waals surface area contributed by atoms with E-state index in [4.69, 9.17) is 0 Å². The first-order valence-corrected chi connectivity index (χ1v) is 8.15. The minimum atomic E-state index is 0.150. The van der Waals surface area contributed by atoms with E-state index in [1.807, 2.05) is 31.2 Å². The van der Waals surface area contributed by atoms with E-state index in [2.05, 4.69) is 26.3 Å². The number of aromatic nitrogens is 6. The number of phenols is 1. The Kier molecular flexibility index (Phi) is 3.02. The minimum absolute atomic E-state index is 0.150. The maximum absolute atomic E-state index is 10.1. The fourth-order valence-corrected chi connectivity index (χ4v) is 3.12. The highest BCUT2D eigenvalue weighted by Crippen LogP contribution is 2.29. The van der Waals surface area contributed by atoms with Gasteiger partial charge in [0.15, 0.2) is 17.1 Å². The molecule has 0 aliphatic carbocycles. The van der Waals surface area contributed by atoms with E-state index >= 15 is 0 Å². The van der Waals surface area contributed by atoms with Crippen LogP contribution in [0, 0.1) is 6.92 Å². The number of nitrogens with zero attached hydrogens (tertiary/aromatic N) is 6. The molecule has 3 heterocycles. The van der Waals surface area contributed by atoms with E-state index < -0.39 is 0 Å². The second-order valence-electron chi connectivity index (χ2n) is 6.11. The second-order valence-corrected chi connectivity index (χ2v) is 6.11. The van der Waals surface area contributed by atoms with Gasteiger partial charge in [0, 0.05) is 0 Å². The predicted octanol–water partition coefficient (Wildman–Crippen LogP) is 3.14. The van der Waals surface area contributed by atoms with Gasteiger partial charge in [0.05, 0.1) is 22.8 Å². The monoisotopic (exact) mass is 342 g/mol. The topological polar surface area (TPSA) is 81.1 Å². The Hall–Kier alpha value is -3.74. The summed E-state index contributed by atoms with van der Waals surface area (Å²) in [5.74, 6) is 0.688. The molecule has 0 atom stereocenters. The number of fused-ring (bicyclic) bond motifs is 3. The zero-order valence-corrected chi connectivity index (χ0v) is 13.9. The van der Waals surface area contributed by atoms with Crippen LogP contribution in [-0.2, 0) is 0 Å². The molecule has 0 saturated heterocycles. The lowest BCUT2D eigenvalue weighted by Crippen LogP contribution is -1.99. The van der Waals surface area contributed by atoms with E-state index in [0.717, 1.165) is 16.6 Å². The molecule has 0 saturated carbocycles. The largest absolute Gasteiger partial charge is 0.507 e. The first-order chi connectivity index (χ1) is 12.7. The van der Waals surface area contributed by atoms with Gasteiger partial charge >= 0.3 is 0 Å². The summed E-state index contributed by atoms with van der Waals surface area (Å²) in [5, 5.41) is 23.9. The highest BCUT2D eigenvalue weighted by atomic mass is 16.3. The maximum atomic E-state index is 10.1. The molecule has 5 rings (SSSR count). The van der Waals surface area contributed by atoms with Crippen molar-refractivity contribution in [2.24, 2.45) is 0 Å². The Morgan fingerprint density at radius 3 is 2.69 bits per heavy atom. The molecule has 2 aromatic carbocycles. The molecule has 0 aliphatic heterocycles. The van der Waals surface area contributed by atoms with E-state index in [1.165, 1.54) is 0 Å². The van der Waals surface area contributed by atoms with Gasteiger partial charge in [0.1, 0.15) is 12.1 Å². The minimum Gasteiger partial charge on any atom is -0.507 e. The zero-order valence-electron chi connectivity index (χ0n) is 13.9.